The summed E-state index contributed by atoms with van der Waals surface area (Å²) >= 11 is 0. The van der Waals surface area contributed by atoms with Crippen molar-refractivity contribution in [2.75, 3.05) is 39.8 Å². The van der Waals surface area contributed by atoms with Crippen LogP contribution in [0, 0.1) is 5.41 Å². The molecule has 0 bridgehead atoms. The van der Waals surface area contributed by atoms with Crippen LogP contribution >= 0.6 is 0 Å². The summed E-state index contributed by atoms with van der Waals surface area (Å²) in [5.41, 5.74) is 0.0956. The first-order valence-electron chi connectivity index (χ1n) is 9.78. The van der Waals surface area contributed by atoms with Crippen molar-refractivity contribution < 1.29 is 9.59 Å². The number of aromatic nitrogens is 2. The number of H-pyrrole nitrogens is 1. The molecule has 0 radical (unpaired) electrons. The summed E-state index contributed by atoms with van der Waals surface area (Å²) in [7, 11) is 2.11. The van der Waals surface area contributed by atoms with Gasteiger partial charge in [0.1, 0.15) is 5.69 Å². The number of aromatic amines is 1. The number of likely N-dealkylation sites (N-methyl/N-ethyl adjacent to an activating group) is 1. The number of rotatable bonds is 2. The lowest BCUT2D eigenvalue weighted by Gasteiger charge is -2.48. The number of hydrogen-bond acceptors (Lipinski definition) is 5. The summed E-state index contributed by atoms with van der Waals surface area (Å²) < 4.78 is 0. The highest BCUT2D eigenvalue weighted by atomic mass is 16.2. The zero-order chi connectivity index (χ0) is 19.0. The molecule has 0 aliphatic carbocycles. The summed E-state index contributed by atoms with van der Waals surface area (Å²) in [5.74, 6) is 0.152. The predicted octanol–water partition coefficient (Wildman–Crippen LogP) is 0.319. The molecule has 0 aromatic carbocycles. The molecule has 4 rings (SSSR count). The molecular formula is C19H27N5O3. The van der Waals surface area contributed by atoms with Crippen LogP contribution in [0.5, 0.6) is 0 Å². The van der Waals surface area contributed by atoms with E-state index in [0.717, 1.165) is 51.5 Å². The van der Waals surface area contributed by atoms with Gasteiger partial charge < -0.3 is 19.7 Å². The Balaban J connectivity index is 1.40. The quantitative estimate of drug-likeness (QED) is 0.806. The molecule has 27 heavy (non-hydrogen) atoms. The topological polar surface area (TPSA) is 89.6 Å². The summed E-state index contributed by atoms with van der Waals surface area (Å²) in [4.78, 5) is 48.9. The third-order valence-electron chi connectivity index (χ3n) is 6.51. The maximum Gasteiger partial charge on any atom is 0.273 e. The lowest BCUT2D eigenvalue weighted by Crippen LogP contribution is -2.55. The van der Waals surface area contributed by atoms with Crippen LogP contribution < -0.4 is 5.56 Å². The van der Waals surface area contributed by atoms with E-state index in [1.165, 1.54) is 6.20 Å². The van der Waals surface area contributed by atoms with Crippen molar-refractivity contribution in [3.63, 3.8) is 0 Å². The Labute approximate surface area is 158 Å². The number of piperidine rings is 2. The molecular weight excluding hydrogens is 346 g/mol. The van der Waals surface area contributed by atoms with Crippen molar-refractivity contribution in [3.8, 4) is 0 Å². The van der Waals surface area contributed by atoms with Crippen LogP contribution in [0.1, 0.15) is 42.6 Å². The zero-order valence-electron chi connectivity index (χ0n) is 15.8. The zero-order valence-corrected chi connectivity index (χ0v) is 15.8. The monoisotopic (exact) mass is 373 g/mol. The molecule has 3 fully saturated rings. The van der Waals surface area contributed by atoms with Gasteiger partial charge in [-0.05, 0) is 44.7 Å². The Kier molecular flexibility index (Phi) is 4.75. The normalized spacial score (nSPS) is 26.0. The molecule has 4 heterocycles. The molecule has 1 N–H and O–H groups in total. The second-order valence-electron chi connectivity index (χ2n) is 8.31. The lowest BCUT2D eigenvalue weighted by atomic mass is 9.72. The third-order valence-corrected chi connectivity index (χ3v) is 6.51. The fourth-order valence-corrected chi connectivity index (χ4v) is 4.76. The van der Waals surface area contributed by atoms with Gasteiger partial charge in [-0.3, -0.25) is 14.4 Å². The van der Waals surface area contributed by atoms with Crippen molar-refractivity contribution in [2.24, 2.45) is 5.41 Å². The van der Waals surface area contributed by atoms with Crippen LogP contribution in [0.25, 0.3) is 0 Å². The molecule has 8 nitrogen and oxygen atoms in total. The number of likely N-dealkylation sites (tertiary alicyclic amines) is 3. The van der Waals surface area contributed by atoms with E-state index in [9.17, 15) is 14.4 Å². The van der Waals surface area contributed by atoms with Gasteiger partial charge in [0.25, 0.3) is 11.5 Å². The van der Waals surface area contributed by atoms with Gasteiger partial charge in [-0.1, -0.05) is 0 Å². The molecule has 8 heteroatoms. The molecule has 0 unspecified atom stereocenters. The predicted molar refractivity (Wildman–Crippen MR) is 99.3 cm³/mol. The van der Waals surface area contributed by atoms with E-state index in [2.05, 4.69) is 26.8 Å². The van der Waals surface area contributed by atoms with E-state index >= 15 is 0 Å². The fourth-order valence-electron chi connectivity index (χ4n) is 4.76. The number of amides is 2. The first kappa shape index (κ1) is 18.2. The van der Waals surface area contributed by atoms with E-state index in [4.69, 9.17) is 0 Å². The van der Waals surface area contributed by atoms with E-state index in [0.29, 0.717) is 25.6 Å². The van der Waals surface area contributed by atoms with Crippen LogP contribution in [0.4, 0.5) is 0 Å². The number of carbonyl (C=O) groups is 2. The van der Waals surface area contributed by atoms with Crippen molar-refractivity contribution >= 4 is 11.8 Å². The molecule has 1 spiro atoms. The molecule has 0 saturated carbocycles. The summed E-state index contributed by atoms with van der Waals surface area (Å²) in [5, 5.41) is 0. The van der Waals surface area contributed by atoms with Crippen LogP contribution in [-0.4, -0.2) is 82.3 Å². The van der Waals surface area contributed by atoms with Crippen LogP contribution in [0.3, 0.4) is 0 Å². The second-order valence-corrected chi connectivity index (χ2v) is 8.31. The van der Waals surface area contributed by atoms with Crippen LogP contribution in [0.15, 0.2) is 17.2 Å². The van der Waals surface area contributed by atoms with E-state index in [1.807, 2.05) is 4.90 Å². The van der Waals surface area contributed by atoms with Crippen LogP contribution in [0.2, 0.25) is 0 Å². The van der Waals surface area contributed by atoms with Crippen molar-refractivity contribution in [1.82, 2.24) is 24.7 Å². The lowest BCUT2D eigenvalue weighted by molar-refractivity contribution is -0.141. The van der Waals surface area contributed by atoms with Gasteiger partial charge in [-0.2, -0.15) is 0 Å². The summed E-state index contributed by atoms with van der Waals surface area (Å²) in [6.45, 7) is 4.18. The molecule has 146 valence electrons. The highest BCUT2D eigenvalue weighted by molar-refractivity contribution is 5.92. The van der Waals surface area contributed by atoms with Gasteiger partial charge in [0, 0.05) is 44.8 Å². The van der Waals surface area contributed by atoms with E-state index in [-0.39, 0.29) is 28.5 Å². The number of carbonyl (C=O) groups excluding carboxylic acids is 2. The second kappa shape index (κ2) is 7.07. The first-order chi connectivity index (χ1) is 13.0. The van der Waals surface area contributed by atoms with E-state index < -0.39 is 0 Å². The SMILES string of the molecule is CN1CC[C@@H](N2CC3(CCC2=O)CCN(C(=O)c2c[nH]c(=O)cn2)CC3)C1. The minimum atomic E-state index is -0.311. The number of nitrogens with one attached hydrogen (secondary N) is 1. The van der Waals surface area contributed by atoms with Crippen molar-refractivity contribution in [2.45, 2.75) is 38.1 Å². The number of hydrogen-bond donors (Lipinski definition) is 1. The van der Waals surface area contributed by atoms with Crippen LogP contribution in [-0.2, 0) is 4.79 Å². The molecule has 2 amide bonds. The van der Waals surface area contributed by atoms with Gasteiger partial charge in [0.15, 0.2) is 0 Å². The smallest absolute Gasteiger partial charge is 0.273 e. The Morgan fingerprint density at radius 2 is 2.00 bits per heavy atom. The number of nitrogens with zero attached hydrogens (tertiary/aromatic N) is 4. The summed E-state index contributed by atoms with van der Waals surface area (Å²) in [6, 6.07) is 0.338. The van der Waals surface area contributed by atoms with Gasteiger partial charge in [0.2, 0.25) is 5.91 Å². The maximum absolute atomic E-state index is 12.6. The standard InChI is InChI=1S/C19H27N5O3/c1-22-7-3-14(12-22)24-13-19(4-2-17(24)26)5-8-23(9-6-19)18(27)15-10-21-16(25)11-20-15/h10-11,14H,2-9,12-13H2,1H3,(H,21,25)/t14-/m1/s1. The third kappa shape index (κ3) is 3.63. The van der Waals surface area contributed by atoms with Gasteiger partial charge in [-0.25, -0.2) is 4.98 Å². The molecule has 1 aromatic heterocycles. The summed E-state index contributed by atoms with van der Waals surface area (Å²) in [6.07, 6.45) is 6.94. The molecule has 1 atom stereocenters. The minimum Gasteiger partial charge on any atom is -0.338 e. The fraction of sp³-hybridized carbons (Fsp3) is 0.684. The maximum atomic E-state index is 12.6. The largest absolute Gasteiger partial charge is 0.338 e. The Hall–Kier alpha value is -2.22. The molecule has 3 saturated heterocycles. The van der Waals surface area contributed by atoms with E-state index in [1.54, 1.807) is 0 Å². The van der Waals surface area contributed by atoms with Crippen molar-refractivity contribution in [3.05, 3.63) is 28.4 Å². The minimum absolute atomic E-state index is 0.129. The first-order valence-corrected chi connectivity index (χ1v) is 9.78. The molecule has 3 aliphatic heterocycles. The average Bonchev–Trinajstić information content (AvgIpc) is 3.11. The Bertz CT molecular complexity index is 763. The van der Waals surface area contributed by atoms with Gasteiger partial charge in [-0.15, -0.1) is 0 Å². The molecule has 3 aliphatic rings. The van der Waals surface area contributed by atoms with Gasteiger partial charge >= 0.3 is 0 Å². The molecule has 1 aromatic rings. The highest BCUT2D eigenvalue weighted by Gasteiger charge is 2.44. The highest BCUT2D eigenvalue weighted by Crippen LogP contribution is 2.41. The Morgan fingerprint density at radius 1 is 1.22 bits per heavy atom. The van der Waals surface area contributed by atoms with Crippen molar-refractivity contribution in [1.29, 1.82) is 0 Å². The van der Waals surface area contributed by atoms with Gasteiger partial charge in [0.05, 0.1) is 6.20 Å². The Morgan fingerprint density at radius 3 is 2.63 bits per heavy atom. The average molecular weight is 373 g/mol.